The van der Waals surface area contributed by atoms with Crippen molar-refractivity contribution < 1.29 is 18.6 Å². The summed E-state index contributed by atoms with van der Waals surface area (Å²) in [6.07, 6.45) is 0. The van der Waals surface area contributed by atoms with Crippen LogP contribution < -0.4 is 0 Å². The van der Waals surface area contributed by atoms with Crippen LogP contribution in [0.25, 0.3) is 11.3 Å². The third kappa shape index (κ3) is 2.76. The van der Waals surface area contributed by atoms with Gasteiger partial charge in [-0.3, -0.25) is 0 Å². The number of ether oxygens (including phenoxy) is 1. The summed E-state index contributed by atoms with van der Waals surface area (Å²) in [5.74, 6) is 0.415. The van der Waals surface area contributed by atoms with Crippen LogP contribution in [-0.4, -0.2) is 16.3 Å². The number of esters is 1. The predicted molar refractivity (Wildman–Crippen MR) is 77.0 cm³/mol. The van der Waals surface area contributed by atoms with Crippen LogP contribution in [0.3, 0.4) is 0 Å². The highest BCUT2D eigenvalue weighted by Gasteiger charge is 2.19. The Morgan fingerprint density at radius 1 is 1.14 bits per heavy atom. The number of hydrogen-bond acceptors (Lipinski definition) is 6. The van der Waals surface area contributed by atoms with Crippen LogP contribution in [0.1, 0.15) is 27.6 Å². The zero-order chi connectivity index (χ0) is 15.5. The first-order valence-corrected chi connectivity index (χ1v) is 6.76. The molecule has 6 heteroatoms. The fraction of sp³-hybridized carbons (Fsp3) is 0.188. The minimum absolute atomic E-state index is 0.00271. The van der Waals surface area contributed by atoms with Gasteiger partial charge < -0.3 is 13.8 Å². The molecule has 0 radical (unpaired) electrons. The highest BCUT2D eigenvalue weighted by Crippen LogP contribution is 2.20. The summed E-state index contributed by atoms with van der Waals surface area (Å²) in [5.41, 5.74) is 2.49. The molecule has 22 heavy (non-hydrogen) atoms. The van der Waals surface area contributed by atoms with E-state index in [0.717, 1.165) is 5.56 Å². The first kappa shape index (κ1) is 14.1. The lowest BCUT2D eigenvalue weighted by atomic mass is 10.1. The third-order valence-corrected chi connectivity index (χ3v) is 3.21. The fourth-order valence-electron chi connectivity index (χ4n) is 2.11. The molecule has 0 fully saturated rings. The highest BCUT2D eigenvalue weighted by atomic mass is 16.6. The topological polar surface area (TPSA) is 78.4 Å². The summed E-state index contributed by atoms with van der Waals surface area (Å²) in [5, 5.41) is 7.69. The van der Waals surface area contributed by atoms with Crippen LogP contribution >= 0.6 is 0 Å². The Balaban J connectivity index is 1.68. The van der Waals surface area contributed by atoms with Gasteiger partial charge in [0.25, 0.3) is 0 Å². The van der Waals surface area contributed by atoms with Gasteiger partial charge in [-0.1, -0.05) is 40.6 Å². The lowest BCUT2D eigenvalue weighted by molar-refractivity contribution is 0.0434. The standard InChI is InChI=1S/C16H14N2O4/c1-10-15(11(2)21-17-10)16(19)20-9-13-8-14(18-22-13)12-6-4-3-5-7-12/h3-8H,9H2,1-2H3. The SMILES string of the molecule is Cc1noc(C)c1C(=O)OCc1cc(-c2ccccc2)no1. The summed E-state index contributed by atoms with van der Waals surface area (Å²) in [4.78, 5) is 12.0. The van der Waals surface area contributed by atoms with Gasteiger partial charge in [0.15, 0.2) is 12.4 Å². The molecule has 3 rings (SSSR count). The van der Waals surface area contributed by atoms with Gasteiger partial charge in [-0.2, -0.15) is 0 Å². The number of aromatic nitrogens is 2. The maximum Gasteiger partial charge on any atom is 0.344 e. The number of rotatable bonds is 4. The van der Waals surface area contributed by atoms with Gasteiger partial charge in [0, 0.05) is 11.6 Å². The molecule has 0 aliphatic rings. The largest absolute Gasteiger partial charge is 0.454 e. The Hall–Kier alpha value is -2.89. The Morgan fingerprint density at radius 3 is 2.59 bits per heavy atom. The van der Waals surface area contributed by atoms with Crippen LogP contribution in [0.5, 0.6) is 0 Å². The lowest BCUT2D eigenvalue weighted by Crippen LogP contribution is -2.06. The molecule has 0 bridgehead atoms. The van der Waals surface area contributed by atoms with Gasteiger partial charge in [-0.05, 0) is 13.8 Å². The van der Waals surface area contributed by atoms with Crippen molar-refractivity contribution in [2.75, 3.05) is 0 Å². The molecule has 0 amide bonds. The second kappa shape index (κ2) is 5.85. The van der Waals surface area contributed by atoms with E-state index in [4.69, 9.17) is 13.8 Å². The zero-order valence-corrected chi connectivity index (χ0v) is 12.2. The molecule has 0 saturated heterocycles. The molecule has 6 nitrogen and oxygen atoms in total. The maximum atomic E-state index is 12.0. The molecule has 0 N–H and O–H groups in total. The quantitative estimate of drug-likeness (QED) is 0.688. The van der Waals surface area contributed by atoms with E-state index in [1.54, 1.807) is 19.9 Å². The van der Waals surface area contributed by atoms with Crippen LogP contribution in [0.4, 0.5) is 0 Å². The van der Waals surface area contributed by atoms with Gasteiger partial charge in [0.1, 0.15) is 17.0 Å². The van der Waals surface area contributed by atoms with E-state index in [0.29, 0.717) is 28.5 Å². The van der Waals surface area contributed by atoms with Crippen molar-refractivity contribution in [3.05, 3.63) is 59.2 Å². The van der Waals surface area contributed by atoms with Gasteiger partial charge in [0.05, 0.1) is 5.69 Å². The summed E-state index contributed by atoms with van der Waals surface area (Å²) in [7, 11) is 0. The van der Waals surface area contributed by atoms with Crippen LogP contribution in [0, 0.1) is 13.8 Å². The Morgan fingerprint density at radius 2 is 1.91 bits per heavy atom. The van der Waals surface area contributed by atoms with E-state index >= 15 is 0 Å². The number of carbonyl (C=O) groups excluding carboxylic acids is 1. The summed E-state index contributed by atoms with van der Waals surface area (Å²) in [6.45, 7) is 3.36. The average molecular weight is 298 g/mol. The summed E-state index contributed by atoms with van der Waals surface area (Å²) < 4.78 is 15.3. The van der Waals surface area contributed by atoms with Crippen molar-refractivity contribution in [3.63, 3.8) is 0 Å². The predicted octanol–water partition coefficient (Wildman–Crippen LogP) is 3.30. The van der Waals surface area contributed by atoms with Crippen molar-refractivity contribution in [2.24, 2.45) is 0 Å². The minimum Gasteiger partial charge on any atom is -0.454 e. The normalized spacial score (nSPS) is 10.6. The number of carbonyl (C=O) groups is 1. The van der Waals surface area contributed by atoms with E-state index in [-0.39, 0.29) is 6.61 Å². The third-order valence-electron chi connectivity index (χ3n) is 3.21. The Labute approximate surface area is 126 Å². The van der Waals surface area contributed by atoms with E-state index in [1.165, 1.54) is 0 Å². The Bertz CT molecular complexity index is 770. The zero-order valence-electron chi connectivity index (χ0n) is 12.2. The monoisotopic (exact) mass is 298 g/mol. The summed E-state index contributed by atoms with van der Waals surface area (Å²) >= 11 is 0. The molecule has 3 aromatic rings. The first-order valence-electron chi connectivity index (χ1n) is 6.76. The molecule has 112 valence electrons. The van der Waals surface area contributed by atoms with Crippen molar-refractivity contribution in [1.82, 2.24) is 10.3 Å². The number of benzene rings is 1. The molecule has 0 unspecified atom stereocenters. The van der Waals surface area contributed by atoms with Gasteiger partial charge >= 0.3 is 5.97 Å². The minimum atomic E-state index is -0.492. The molecule has 1 aromatic carbocycles. The second-order valence-corrected chi connectivity index (χ2v) is 4.82. The number of nitrogens with zero attached hydrogens (tertiary/aromatic N) is 2. The van der Waals surface area contributed by atoms with Crippen LogP contribution in [-0.2, 0) is 11.3 Å². The van der Waals surface area contributed by atoms with Crippen LogP contribution in [0.15, 0.2) is 45.4 Å². The average Bonchev–Trinajstić information content (AvgIpc) is 3.13. The van der Waals surface area contributed by atoms with Gasteiger partial charge in [0.2, 0.25) is 0 Å². The van der Waals surface area contributed by atoms with E-state index < -0.39 is 5.97 Å². The Kier molecular flexibility index (Phi) is 3.74. The van der Waals surface area contributed by atoms with Crippen molar-refractivity contribution in [3.8, 4) is 11.3 Å². The van der Waals surface area contributed by atoms with E-state index in [1.807, 2.05) is 30.3 Å². The van der Waals surface area contributed by atoms with Crippen molar-refractivity contribution in [2.45, 2.75) is 20.5 Å². The smallest absolute Gasteiger partial charge is 0.344 e. The molecule has 0 aliphatic carbocycles. The fourth-order valence-corrected chi connectivity index (χ4v) is 2.11. The van der Waals surface area contributed by atoms with Gasteiger partial charge in [-0.15, -0.1) is 0 Å². The molecule has 2 aromatic heterocycles. The molecular weight excluding hydrogens is 284 g/mol. The molecule has 0 atom stereocenters. The molecule has 0 spiro atoms. The van der Waals surface area contributed by atoms with Crippen molar-refractivity contribution >= 4 is 5.97 Å². The first-order chi connectivity index (χ1) is 10.6. The number of aryl methyl sites for hydroxylation is 2. The van der Waals surface area contributed by atoms with E-state index in [9.17, 15) is 4.79 Å². The maximum absolute atomic E-state index is 12.0. The molecule has 2 heterocycles. The number of hydrogen-bond donors (Lipinski definition) is 0. The summed E-state index contributed by atoms with van der Waals surface area (Å²) in [6, 6.07) is 11.4. The highest BCUT2D eigenvalue weighted by molar-refractivity contribution is 5.91. The molecule has 0 aliphatic heterocycles. The lowest BCUT2D eigenvalue weighted by Gasteiger charge is -2.00. The second-order valence-electron chi connectivity index (χ2n) is 4.82. The van der Waals surface area contributed by atoms with E-state index in [2.05, 4.69) is 10.3 Å². The molecule has 0 saturated carbocycles. The van der Waals surface area contributed by atoms with Gasteiger partial charge in [-0.25, -0.2) is 4.79 Å². The molecular formula is C16H14N2O4. The van der Waals surface area contributed by atoms with Crippen molar-refractivity contribution in [1.29, 1.82) is 0 Å². The van der Waals surface area contributed by atoms with Crippen LogP contribution in [0.2, 0.25) is 0 Å².